The van der Waals surface area contributed by atoms with Gasteiger partial charge in [-0.1, -0.05) is 6.07 Å². The lowest BCUT2D eigenvalue weighted by molar-refractivity contribution is 0.0784. The summed E-state index contributed by atoms with van der Waals surface area (Å²) in [6, 6.07) is 11.9. The number of nitrogens with zero attached hydrogens (tertiary/aromatic N) is 3. The number of carbonyl (C=O) groups is 1. The summed E-state index contributed by atoms with van der Waals surface area (Å²) < 4.78 is 15.1. The molecule has 0 saturated heterocycles. The summed E-state index contributed by atoms with van der Waals surface area (Å²) >= 11 is 0. The third-order valence-electron chi connectivity index (χ3n) is 4.24. The van der Waals surface area contributed by atoms with Gasteiger partial charge >= 0.3 is 0 Å². The number of aryl methyl sites for hydroxylation is 1. The largest absolute Gasteiger partial charge is 0.337 e. The highest BCUT2D eigenvalue weighted by molar-refractivity contribution is 5.95. The van der Waals surface area contributed by atoms with Crippen molar-refractivity contribution in [3.8, 4) is 5.69 Å². The van der Waals surface area contributed by atoms with Gasteiger partial charge in [0.15, 0.2) is 0 Å². The predicted octanol–water partition coefficient (Wildman–Crippen LogP) is 3.90. The quantitative estimate of drug-likeness (QED) is 0.724. The van der Waals surface area contributed by atoms with Crippen LogP contribution in [-0.4, -0.2) is 27.4 Å². The summed E-state index contributed by atoms with van der Waals surface area (Å²) in [5.41, 5.74) is 4.23. The lowest BCUT2D eigenvalue weighted by Crippen LogP contribution is -2.26. The maximum absolute atomic E-state index is 13.2. The summed E-state index contributed by atoms with van der Waals surface area (Å²) in [5, 5.41) is 0. The van der Waals surface area contributed by atoms with Crippen molar-refractivity contribution in [1.82, 2.24) is 14.5 Å². The van der Waals surface area contributed by atoms with Crippen molar-refractivity contribution in [2.75, 3.05) is 7.05 Å². The number of halogens is 1. The molecule has 0 aliphatic heterocycles. The first-order valence-corrected chi connectivity index (χ1v) is 8.06. The Morgan fingerprint density at radius 3 is 2.56 bits per heavy atom. The van der Waals surface area contributed by atoms with Crippen molar-refractivity contribution in [2.24, 2.45) is 0 Å². The second-order valence-corrected chi connectivity index (χ2v) is 6.12. The van der Waals surface area contributed by atoms with Crippen LogP contribution in [0.25, 0.3) is 5.69 Å². The van der Waals surface area contributed by atoms with Gasteiger partial charge in [-0.15, -0.1) is 0 Å². The zero-order valence-corrected chi connectivity index (χ0v) is 14.5. The molecule has 25 heavy (non-hydrogen) atoms. The fraction of sp³-hybridized carbons (Fsp3) is 0.200. The SMILES string of the molecule is Cc1cc(C(=O)N(C)Cc2cccnc2)c(C)n1-c1ccc(F)cc1. The lowest BCUT2D eigenvalue weighted by atomic mass is 10.2. The second-order valence-electron chi connectivity index (χ2n) is 6.12. The molecular formula is C20H20FN3O. The molecule has 128 valence electrons. The van der Waals surface area contributed by atoms with E-state index in [0.29, 0.717) is 12.1 Å². The topological polar surface area (TPSA) is 38.1 Å². The molecule has 1 amide bonds. The Morgan fingerprint density at radius 2 is 1.92 bits per heavy atom. The van der Waals surface area contributed by atoms with Crippen LogP contribution in [0.5, 0.6) is 0 Å². The van der Waals surface area contributed by atoms with Gasteiger partial charge in [-0.2, -0.15) is 0 Å². The molecule has 3 aromatic rings. The Hall–Kier alpha value is -2.95. The standard InChI is InChI=1S/C20H20FN3O/c1-14-11-19(15(2)24(14)18-8-6-17(21)7-9-18)20(25)23(3)13-16-5-4-10-22-12-16/h4-12H,13H2,1-3H3. The molecule has 1 aromatic carbocycles. The molecule has 0 bridgehead atoms. The zero-order chi connectivity index (χ0) is 18.0. The minimum absolute atomic E-state index is 0.0506. The van der Waals surface area contributed by atoms with Gasteiger partial charge in [0.1, 0.15) is 5.82 Å². The van der Waals surface area contributed by atoms with Crippen LogP contribution >= 0.6 is 0 Å². The van der Waals surface area contributed by atoms with Gasteiger partial charge in [0.05, 0.1) is 5.56 Å². The predicted molar refractivity (Wildman–Crippen MR) is 95.2 cm³/mol. The Kier molecular flexibility index (Phi) is 4.65. The first-order valence-electron chi connectivity index (χ1n) is 8.06. The van der Waals surface area contributed by atoms with Crippen LogP contribution in [0.15, 0.2) is 54.9 Å². The smallest absolute Gasteiger partial charge is 0.255 e. The van der Waals surface area contributed by atoms with E-state index in [4.69, 9.17) is 0 Å². The van der Waals surface area contributed by atoms with Crippen LogP contribution in [0, 0.1) is 19.7 Å². The molecule has 0 radical (unpaired) electrons. The molecule has 0 N–H and O–H groups in total. The molecule has 2 heterocycles. The van der Waals surface area contributed by atoms with Crippen LogP contribution < -0.4 is 0 Å². The number of aromatic nitrogens is 2. The summed E-state index contributed by atoms with van der Waals surface area (Å²) in [6.45, 7) is 4.34. The lowest BCUT2D eigenvalue weighted by Gasteiger charge is -2.17. The van der Waals surface area contributed by atoms with Crippen molar-refractivity contribution in [2.45, 2.75) is 20.4 Å². The van der Waals surface area contributed by atoms with Gasteiger partial charge in [0, 0.05) is 43.1 Å². The Balaban J connectivity index is 1.89. The van der Waals surface area contributed by atoms with Gasteiger partial charge in [-0.05, 0) is 55.8 Å². The fourth-order valence-electron chi connectivity index (χ4n) is 3.01. The van der Waals surface area contributed by atoms with Crippen molar-refractivity contribution >= 4 is 5.91 Å². The van der Waals surface area contributed by atoms with Crippen molar-refractivity contribution in [1.29, 1.82) is 0 Å². The normalized spacial score (nSPS) is 10.7. The molecule has 5 heteroatoms. The number of amides is 1. The third kappa shape index (κ3) is 3.45. The average molecular weight is 337 g/mol. The molecule has 0 fully saturated rings. The molecule has 0 atom stereocenters. The molecule has 3 rings (SSSR count). The number of rotatable bonds is 4. The highest BCUT2D eigenvalue weighted by Crippen LogP contribution is 2.22. The monoisotopic (exact) mass is 337 g/mol. The summed E-state index contributed by atoms with van der Waals surface area (Å²) in [4.78, 5) is 18.6. The maximum Gasteiger partial charge on any atom is 0.255 e. The zero-order valence-electron chi connectivity index (χ0n) is 14.5. The molecule has 0 saturated carbocycles. The summed E-state index contributed by atoms with van der Waals surface area (Å²) in [7, 11) is 1.78. The number of carbonyl (C=O) groups excluding carboxylic acids is 1. The Bertz CT molecular complexity index is 885. The first-order chi connectivity index (χ1) is 12.0. The summed E-state index contributed by atoms with van der Waals surface area (Å²) in [5.74, 6) is -0.330. The number of hydrogen-bond acceptors (Lipinski definition) is 2. The number of hydrogen-bond donors (Lipinski definition) is 0. The molecule has 2 aromatic heterocycles. The van der Waals surface area contributed by atoms with E-state index in [1.54, 1.807) is 36.5 Å². The minimum Gasteiger partial charge on any atom is -0.337 e. The van der Waals surface area contributed by atoms with E-state index >= 15 is 0 Å². The maximum atomic E-state index is 13.2. The highest BCUT2D eigenvalue weighted by atomic mass is 19.1. The van der Waals surface area contributed by atoms with Gasteiger partial charge in [-0.25, -0.2) is 4.39 Å². The van der Waals surface area contributed by atoms with Gasteiger partial charge in [0.25, 0.3) is 5.91 Å². The van der Waals surface area contributed by atoms with E-state index in [1.165, 1.54) is 12.1 Å². The fourth-order valence-corrected chi connectivity index (χ4v) is 3.01. The van der Waals surface area contributed by atoms with E-state index in [1.807, 2.05) is 36.6 Å². The molecule has 0 unspecified atom stereocenters. The van der Waals surface area contributed by atoms with E-state index < -0.39 is 0 Å². The van der Waals surface area contributed by atoms with E-state index in [-0.39, 0.29) is 11.7 Å². The molecule has 0 aliphatic rings. The van der Waals surface area contributed by atoms with Crippen molar-refractivity contribution < 1.29 is 9.18 Å². The highest BCUT2D eigenvalue weighted by Gasteiger charge is 2.20. The van der Waals surface area contributed by atoms with E-state index in [2.05, 4.69) is 4.98 Å². The van der Waals surface area contributed by atoms with Crippen molar-refractivity contribution in [3.63, 3.8) is 0 Å². The van der Waals surface area contributed by atoms with Gasteiger partial charge in [0.2, 0.25) is 0 Å². The molecule has 0 aliphatic carbocycles. The van der Waals surface area contributed by atoms with Crippen LogP contribution in [0.3, 0.4) is 0 Å². The number of benzene rings is 1. The second kappa shape index (κ2) is 6.89. The first kappa shape index (κ1) is 16.9. The van der Waals surface area contributed by atoms with Gasteiger partial charge in [-0.3, -0.25) is 9.78 Å². The Morgan fingerprint density at radius 1 is 1.20 bits per heavy atom. The molecular weight excluding hydrogens is 317 g/mol. The van der Waals surface area contributed by atoms with E-state index in [9.17, 15) is 9.18 Å². The average Bonchev–Trinajstić information content (AvgIpc) is 2.90. The number of pyridine rings is 1. The van der Waals surface area contributed by atoms with Crippen LogP contribution in [0.2, 0.25) is 0 Å². The molecule has 0 spiro atoms. The Labute approximate surface area is 146 Å². The minimum atomic E-state index is -0.279. The van der Waals surface area contributed by atoms with Crippen LogP contribution in [-0.2, 0) is 6.54 Å². The molecule has 4 nitrogen and oxygen atoms in total. The van der Waals surface area contributed by atoms with Crippen molar-refractivity contribution in [3.05, 3.63) is 83.2 Å². The van der Waals surface area contributed by atoms with E-state index in [0.717, 1.165) is 22.6 Å². The summed E-state index contributed by atoms with van der Waals surface area (Å²) in [6.07, 6.45) is 3.47. The van der Waals surface area contributed by atoms with Crippen LogP contribution in [0.4, 0.5) is 4.39 Å². The van der Waals surface area contributed by atoms with Crippen LogP contribution in [0.1, 0.15) is 27.3 Å². The van der Waals surface area contributed by atoms with Gasteiger partial charge < -0.3 is 9.47 Å². The third-order valence-corrected chi connectivity index (χ3v) is 4.24.